The van der Waals surface area contributed by atoms with Crippen molar-refractivity contribution in [2.45, 2.75) is 78.6 Å². The summed E-state index contributed by atoms with van der Waals surface area (Å²) < 4.78 is 4.91. The van der Waals surface area contributed by atoms with Gasteiger partial charge in [0.15, 0.2) is 0 Å². The molecule has 0 amide bonds. The molecule has 0 aromatic carbocycles. The van der Waals surface area contributed by atoms with Crippen molar-refractivity contribution < 1.29 is 9.53 Å². The maximum absolute atomic E-state index is 10.7. The molecular formula is C16H32O2. The highest BCUT2D eigenvalue weighted by Gasteiger charge is 1.95. The maximum atomic E-state index is 10.7. The number of hydrogen-bond donors (Lipinski definition) is 0. The Morgan fingerprint density at radius 2 is 1.39 bits per heavy atom. The van der Waals surface area contributed by atoms with Gasteiger partial charge < -0.3 is 4.74 Å². The van der Waals surface area contributed by atoms with E-state index in [4.69, 9.17) is 4.74 Å². The van der Waals surface area contributed by atoms with Gasteiger partial charge in [0.1, 0.15) is 0 Å². The van der Waals surface area contributed by atoms with Crippen LogP contribution in [0.1, 0.15) is 78.6 Å². The largest absolute Gasteiger partial charge is 0.463 e. The fourth-order valence-corrected chi connectivity index (χ4v) is 1.82. The van der Waals surface area contributed by atoms with Crippen LogP contribution >= 0.6 is 0 Å². The van der Waals surface area contributed by atoms with Crippen LogP contribution in [0.2, 0.25) is 0 Å². The molecule has 18 heavy (non-hydrogen) atoms. The van der Waals surface area contributed by atoms with Gasteiger partial charge >= 0.3 is 5.97 Å². The second-order valence-electron chi connectivity index (χ2n) is 4.55. The average Bonchev–Trinajstić information content (AvgIpc) is 2.35. The van der Waals surface area contributed by atoms with Crippen molar-refractivity contribution in [3.8, 4) is 0 Å². The lowest BCUT2D eigenvalue weighted by Gasteiger charge is -2.03. The van der Waals surface area contributed by atoms with Gasteiger partial charge in [-0.25, -0.2) is 4.79 Å². The Kier molecular flexibility index (Phi) is 17.6. The fourth-order valence-electron chi connectivity index (χ4n) is 1.82. The van der Waals surface area contributed by atoms with E-state index in [0.29, 0.717) is 6.61 Å². The number of esters is 1. The molecule has 0 spiro atoms. The summed E-state index contributed by atoms with van der Waals surface area (Å²) in [7, 11) is 0. The Morgan fingerprint density at radius 1 is 0.944 bits per heavy atom. The number of carbonyl (C=O) groups excluding carboxylic acids is 1. The summed E-state index contributed by atoms with van der Waals surface area (Å²) in [4.78, 5) is 10.7. The van der Waals surface area contributed by atoms with E-state index in [1.54, 1.807) is 0 Å². The molecule has 0 aliphatic rings. The van der Waals surface area contributed by atoms with Crippen LogP contribution in [0.3, 0.4) is 0 Å². The molecular weight excluding hydrogens is 224 g/mol. The van der Waals surface area contributed by atoms with Crippen molar-refractivity contribution in [2.75, 3.05) is 6.61 Å². The number of hydrogen-bond acceptors (Lipinski definition) is 2. The molecule has 0 saturated carbocycles. The van der Waals surface area contributed by atoms with Crippen LogP contribution in [-0.2, 0) is 9.53 Å². The quantitative estimate of drug-likeness (QED) is 0.270. The van der Waals surface area contributed by atoms with Crippen LogP contribution in [0, 0.1) is 0 Å². The van der Waals surface area contributed by atoms with Crippen LogP contribution in [0.5, 0.6) is 0 Å². The molecule has 0 fully saturated rings. The third-order valence-corrected chi connectivity index (χ3v) is 2.91. The lowest BCUT2D eigenvalue weighted by atomic mass is 10.1. The van der Waals surface area contributed by atoms with Crippen LogP contribution in [0.15, 0.2) is 12.7 Å². The highest BCUT2D eigenvalue weighted by molar-refractivity contribution is 5.81. The molecule has 0 radical (unpaired) electrons. The van der Waals surface area contributed by atoms with Gasteiger partial charge in [-0.2, -0.15) is 0 Å². The Labute approximate surface area is 114 Å². The molecule has 0 aromatic rings. The first-order valence-electron chi connectivity index (χ1n) is 7.10. The molecule has 0 aromatic heterocycles. The first kappa shape index (κ1) is 19.5. The Hall–Kier alpha value is -0.790. The molecule has 0 rings (SSSR count). The number of unbranched alkanes of at least 4 members (excludes halogenated alkanes) is 9. The summed E-state index contributed by atoms with van der Waals surface area (Å²) in [5, 5.41) is 0. The van der Waals surface area contributed by atoms with Crippen LogP contribution in [0.25, 0.3) is 0 Å². The van der Waals surface area contributed by atoms with Gasteiger partial charge in [0, 0.05) is 6.08 Å². The number of rotatable bonds is 12. The first-order valence-corrected chi connectivity index (χ1v) is 7.10. The Bertz CT molecular complexity index is 188. The average molecular weight is 256 g/mol. The van der Waals surface area contributed by atoms with Gasteiger partial charge in [-0.15, -0.1) is 0 Å². The highest BCUT2D eigenvalue weighted by Crippen LogP contribution is 2.10. The zero-order valence-electron chi connectivity index (χ0n) is 11.4. The van der Waals surface area contributed by atoms with Gasteiger partial charge in [-0.05, 0) is 6.42 Å². The third-order valence-electron chi connectivity index (χ3n) is 2.91. The zero-order chi connectivity index (χ0) is 12.8. The SMILES string of the molecule is C.C=CC(=O)OCCCCCCCCCCCC. The summed E-state index contributed by atoms with van der Waals surface area (Å²) >= 11 is 0. The molecule has 2 nitrogen and oxygen atoms in total. The van der Waals surface area contributed by atoms with Crippen molar-refractivity contribution in [1.82, 2.24) is 0 Å². The van der Waals surface area contributed by atoms with E-state index >= 15 is 0 Å². The molecule has 0 heterocycles. The van der Waals surface area contributed by atoms with E-state index < -0.39 is 0 Å². The minimum absolute atomic E-state index is 0. The second kappa shape index (κ2) is 16.2. The zero-order valence-corrected chi connectivity index (χ0v) is 11.4. The number of carbonyl (C=O) groups is 1. The summed E-state index contributed by atoms with van der Waals surface area (Å²) in [6.07, 6.45) is 14.2. The summed E-state index contributed by atoms with van der Waals surface area (Å²) in [5.74, 6) is -0.305. The minimum atomic E-state index is -0.305. The molecule has 0 N–H and O–H groups in total. The minimum Gasteiger partial charge on any atom is -0.463 e. The molecule has 0 unspecified atom stereocenters. The Balaban J connectivity index is 0. The normalized spacial score (nSPS) is 9.61. The van der Waals surface area contributed by atoms with Crippen LogP contribution in [-0.4, -0.2) is 12.6 Å². The highest BCUT2D eigenvalue weighted by atomic mass is 16.5. The van der Waals surface area contributed by atoms with Gasteiger partial charge in [-0.3, -0.25) is 0 Å². The molecule has 0 saturated heterocycles. The van der Waals surface area contributed by atoms with Gasteiger partial charge in [0.25, 0.3) is 0 Å². The van der Waals surface area contributed by atoms with Crippen molar-refractivity contribution in [1.29, 1.82) is 0 Å². The third kappa shape index (κ3) is 15.2. The molecule has 2 heteroatoms. The topological polar surface area (TPSA) is 26.3 Å². The van der Waals surface area contributed by atoms with E-state index in [1.807, 2.05) is 0 Å². The van der Waals surface area contributed by atoms with Crippen LogP contribution in [0.4, 0.5) is 0 Å². The predicted molar refractivity (Wildman–Crippen MR) is 79.7 cm³/mol. The van der Waals surface area contributed by atoms with Crippen molar-refractivity contribution in [3.05, 3.63) is 12.7 Å². The lowest BCUT2D eigenvalue weighted by molar-refractivity contribution is -0.137. The predicted octanol–water partition coefficient (Wildman–Crippen LogP) is 5.27. The maximum Gasteiger partial charge on any atom is 0.330 e. The van der Waals surface area contributed by atoms with Crippen molar-refractivity contribution in [3.63, 3.8) is 0 Å². The smallest absolute Gasteiger partial charge is 0.330 e. The van der Waals surface area contributed by atoms with Crippen LogP contribution < -0.4 is 0 Å². The van der Waals surface area contributed by atoms with Gasteiger partial charge in [-0.1, -0.05) is 78.7 Å². The molecule has 0 aliphatic heterocycles. The standard InChI is InChI=1S/C15H28O2.CH4/c1-3-5-6-7-8-9-10-11-12-13-14-17-15(16)4-2;/h4H,2-3,5-14H2,1H3;1H4. The summed E-state index contributed by atoms with van der Waals surface area (Å²) in [5.41, 5.74) is 0. The fraction of sp³-hybridized carbons (Fsp3) is 0.812. The molecule has 0 atom stereocenters. The van der Waals surface area contributed by atoms with Crippen molar-refractivity contribution >= 4 is 5.97 Å². The molecule has 0 bridgehead atoms. The monoisotopic (exact) mass is 256 g/mol. The lowest BCUT2D eigenvalue weighted by Crippen LogP contribution is -2.01. The van der Waals surface area contributed by atoms with E-state index in [1.165, 1.54) is 63.9 Å². The number of ether oxygens (including phenoxy) is 1. The summed E-state index contributed by atoms with van der Waals surface area (Å²) in [6.45, 7) is 6.15. The Morgan fingerprint density at radius 3 is 1.83 bits per heavy atom. The van der Waals surface area contributed by atoms with E-state index in [2.05, 4.69) is 13.5 Å². The van der Waals surface area contributed by atoms with E-state index in [0.717, 1.165) is 6.42 Å². The summed E-state index contributed by atoms with van der Waals surface area (Å²) in [6, 6.07) is 0. The molecule has 0 aliphatic carbocycles. The van der Waals surface area contributed by atoms with Gasteiger partial charge in [0.2, 0.25) is 0 Å². The van der Waals surface area contributed by atoms with E-state index in [9.17, 15) is 4.79 Å². The second-order valence-corrected chi connectivity index (χ2v) is 4.55. The first-order chi connectivity index (χ1) is 8.31. The van der Waals surface area contributed by atoms with Crippen molar-refractivity contribution in [2.24, 2.45) is 0 Å². The van der Waals surface area contributed by atoms with Gasteiger partial charge in [0.05, 0.1) is 6.61 Å². The molecule has 108 valence electrons. The van der Waals surface area contributed by atoms with E-state index in [-0.39, 0.29) is 13.4 Å².